The zero-order valence-electron chi connectivity index (χ0n) is 13.6. The van der Waals surface area contributed by atoms with Crippen LogP contribution in [0.3, 0.4) is 0 Å². The lowest BCUT2D eigenvalue weighted by Crippen LogP contribution is -2.14. The average Bonchev–Trinajstić information content (AvgIpc) is 3.30. The topological polar surface area (TPSA) is 86.5 Å². The van der Waals surface area contributed by atoms with Gasteiger partial charge in [0.25, 0.3) is 5.22 Å². The number of ether oxygens (including phenoxy) is 2. The van der Waals surface area contributed by atoms with Crippen LogP contribution in [0.4, 0.5) is 5.69 Å². The van der Waals surface area contributed by atoms with Crippen LogP contribution < -0.4 is 14.8 Å². The van der Waals surface area contributed by atoms with E-state index in [0.29, 0.717) is 38.7 Å². The smallest absolute Gasteiger partial charge is 0.277 e. The molecule has 7 nitrogen and oxygen atoms in total. The molecule has 4 rings (SSSR count). The molecule has 1 aliphatic rings. The summed E-state index contributed by atoms with van der Waals surface area (Å²) in [5, 5.41) is 11.8. The van der Waals surface area contributed by atoms with Gasteiger partial charge in [-0.05, 0) is 36.4 Å². The maximum absolute atomic E-state index is 12.1. The third-order valence-corrected chi connectivity index (χ3v) is 4.92. The van der Waals surface area contributed by atoms with Gasteiger partial charge in [-0.1, -0.05) is 35.0 Å². The molecule has 1 aliphatic heterocycles. The van der Waals surface area contributed by atoms with Gasteiger partial charge in [0, 0.05) is 10.6 Å². The van der Waals surface area contributed by atoms with Crippen LogP contribution in [0.25, 0.3) is 11.5 Å². The van der Waals surface area contributed by atoms with Crippen molar-refractivity contribution in [2.45, 2.75) is 5.22 Å². The Bertz CT molecular complexity index is 1010. The van der Waals surface area contributed by atoms with E-state index >= 15 is 0 Å². The summed E-state index contributed by atoms with van der Waals surface area (Å²) in [6, 6.07) is 10.2. The van der Waals surface area contributed by atoms with Crippen molar-refractivity contribution in [1.82, 2.24) is 10.2 Å². The fourth-order valence-electron chi connectivity index (χ4n) is 2.32. The highest BCUT2D eigenvalue weighted by molar-refractivity contribution is 7.99. The van der Waals surface area contributed by atoms with Crippen molar-refractivity contribution in [3.05, 3.63) is 46.4 Å². The molecule has 10 heteroatoms. The highest BCUT2D eigenvalue weighted by Crippen LogP contribution is 2.36. The Morgan fingerprint density at radius 2 is 1.96 bits per heavy atom. The van der Waals surface area contributed by atoms with Crippen molar-refractivity contribution in [1.29, 1.82) is 0 Å². The molecular formula is C17H11Cl2N3O4S. The maximum atomic E-state index is 12.1. The summed E-state index contributed by atoms with van der Waals surface area (Å²) in [5.74, 6) is 1.45. The lowest BCUT2D eigenvalue weighted by atomic mass is 10.2. The van der Waals surface area contributed by atoms with Gasteiger partial charge < -0.3 is 19.2 Å². The number of anilines is 1. The third kappa shape index (κ3) is 4.13. The molecule has 1 N–H and O–H groups in total. The number of hydrogen-bond donors (Lipinski definition) is 1. The van der Waals surface area contributed by atoms with Gasteiger partial charge >= 0.3 is 0 Å². The summed E-state index contributed by atoms with van der Waals surface area (Å²) in [4.78, 5) is 12.1. The summed E-state index contributed by atoms with van der Waals surface area (Å²) in [6.07, 6.45) is 0. The number of nitrogens with zero attached hydrogens (tertiary/aromatic N) is 2. The predicted octanol–water partition coefficient (Wildman–Crippen LogP) is 4.50. The normalized spacial score (nSPS) is 12.2. The summed E-state index contributed by atoms with van der Waals surface area (Å²) in [5.41, 5.74) is 1.19. The second kappa shape index (κ2) is 7.67. The van der Waals surface area contributed by atoms with Crippen LogP contribution in [0, 0.1) is 0 Å². The molecule has 138 valence electrons. The van der Waals surface area contributed by atoms with E-state index in [0.717, 1.165) is 11.8 Å². The second-order valence-electron chi connectivity index (χ2n) is 5.40. The van der Waals surface area contributed by atoms with E-state index in [1.54, 1.807) is 36.4 Å². The quantitative estimate of drug-likeness (QED) is 0.604. The number of halogens is 2. The van der Waals surface area contributed by atoms with Crippen LogP contribution in [0.5, 0.6) is 11.5 Å². The first-order chi connectivity index (χ1) is 13.1. The molecule has 1 amide bonds. The first kappa shape index (κ1) is 18.0. The molecule has 0 aliphatic carbocycles. The van der Waals surface area contributed by atoms with Gasteiger partial charge in [0.15, 0.2) is 11.5 Å². The molecule has 0 saturated heterocycles. The minimum Gasteiger partial charge on any atom is -0.454 e. The zero-order valence-corrected chi connectivity index (χ0v) is 15.9. The Hall–Kier alpha value is -2.42. The number of hydrogen-bond acceptors (Lipinski definition) is 7. The molecule has 0 fully saturated rings. The van der Waals surface area contributed by atoms with Crippen molar-refractivity contribution in [2.24, 2.45) is 0 Å². The summed E-state index contributed by atoms with van der Waals surface area (Å²) < 4.78 is 16.2. The van der Waals surface area contributed by atoms with Crippen LogP contribution in [-0.4, -0.2) is 28.7 Å². The lowest BCUT2D eigenvalue weighted by Gasteiger charge is -2.06. The number of benzene rings is 2. The number of thioether (sulfide) groups is 1. The van der Waals surface area contributed by atoms with Gasteiger partial charge in [-0.25, -0.2) is 0 Å². The van der Waals surface area contributed by atoms with E-state index in [9.17, 15) is 4.79 Å². The largest absolute Gasteiger partial charge is 0.454 e. The van der Waals surface area contributed by atoms with Crippen molar-refractivity contribution in [2.75, 3.05) is 17.9 Å². The van der Waals surface area contributed by atoms with E-state index in [2.05, 4.69) is 15.5 Å². The van der Waals surface area contributed by atoms with E-state index in [4.69, 9.17) is 37.1 Å². The molecule has 0 saturated carbocycles. The molecule has 2 heterocycles. The summed E-state index contributed by atoms with van der Waals surface area (Å²) in [6.45, 7) is 0.191. The Morgan fingerprint density at radius 3 is 2.81 bits per heavy atom. The number of rotatable bonds is 5. The van der Waals surface area contributed by atoms with Gasteiger partial charge in [-0.15, -0.1) is 10.2 Å². The predicted molar refractivity (Wildman–Crippen MR) is 102 cm³/mol. The van der Waals surface area contributed by atoms with Gasteiger partial charge in [0.05, 0.1) is 16.5 Å². The van der Waals surface area contributed by atoms with Crippen LogP contribution in [0.2, 0.25) is 10.0 Å². The Labute approximate surface area is 168 Å². The number of fused-ring (bicyclic) bond motifs is 1. The molecule has 0 unspecified atom stereocenters. The molecule has 1 aromatic heterocycles. The molecule has 3 aromatic rings. The van der Waals surface area contributed by atoms with Crippen molar-refractivity contribution < 1.29 is 18.7 Å². The molecule has 27 heavy (non-hydrogen) atoms. The van der Waals surface area contributed by atoms with Crippen LogP contribution in [-0.2, 0) is 4.79 Å². The Kier molecular flexibility index (Phi) is 5.11. The molecule has 0 bridgehead atoms. The van der Waals surface area contributed by atoms with E-state index in [-0.39, 0.29) is 23.7 Å². The monoisotopic (exact) mass is 423 g/mol. The fourth-order valence-corrected chi connectivity index (χ4v) is 3.34. The molecular weight excluding hydrogens is 413 g/mol. The molecule has 2 aromatic carbocycles. The number of nitrogens with one attached hydrogen (secondary N) is 1. The van der Waals surface area contributed by atoms with Crippen molar-refractivity contribution >= 4 is 46.6 Å². The van der Waals surface area contributed by atoms with Crippen LogP contribution in [0.1, 0.15) is 0 Å². The summed E-state index contributed by atoms with van der Waals surface area (Å²) >= 11 is 13.0. The first-order valence-corrected chi connectivity index (χ1v) is 9.44. The fraction of sp³-hybridized carbons (Fsp3) is 0.118. The van der Waals surface area contributed by atoms with Gasteiger partial charge in [-0.2, -0.15) is 0 Å². The molecule has 0 spiro atoms. The molecule has 0 radical (unpaired) electrons. The van der Waals surface area contributed by atoms with Gasteiger partial charge in [0.1, 0.15) is 0 Å². The van der Waals surface area contributed by atoms with Gasteiger partial charge in [0.2, 0.25) is 18.6 Å². The second-order valence-corrected chi connectivity index (χ2v) is 7.17. The Morgan fingerprint density at radius 1 is 1.11 bits per heavy atom. The third-order valence-electron chi connectivity index (χ3n) is 3.56. The minimum absolute atomic E-state index is 0.0850. The first-order valence-electron chi connectivity index (χ1n) is 7.70. The minimum atomic E-state index is -0.257. The van der Waals surface area contributed by atoms with Crippen LogP contribution >= 0.6 is 35.0 Å². The summed E-state index contributed by atoms with van der Waals surface area (Å²) in [7, 11) is 0. The molecule has 0 atom stereocenters. The highest BCUT2D eigenvalue weighted by Gasteiger charge is 2.17. The zero-order chi connectivity index (χ0) is 18.8. The van der Waals surface area contributed by atoms with Crippen molar-refractivity contribution in [3.8, 4) is 23.0 Å². The highest BCUT2D eigenvalue weighted by atomic mass is 35.5. The number of amides is 1. The van der Waals surface area contributed by atoms with Gasteiger partial charge in [-0.3, -0.25) is 4.79 Å². The number of carbonyl (C=O) groups excluding carboxylic acids is 1. The Balaban J connectivity index is 1.37. The van der Waals surface area contributed by atoms with E-state index in [1.165, 1.54) is 0 Å². The van der Waals surface area contributed by atoms with E-state index in [1.807, 2.05) is 0 Å². The average molecular weight is 424 g/mol. The SMILES string of the molecule is O=C(CSc1nnc(-c2ccc3c(c2)OCO3)o1)Nc1ccc(Cl)cc1Cl. The standard InChI is InChI=1S/C17H11Cl2N3O4S/c18-10-2-3-12(11(19)6-10)20-15(23)7-27-17-22-21-16(26-17)9-1-4-13-14(5-9)25-8-24-13/h1-6H,7-8H2,(H,20,23). The number of carbonyl (C=O) groups is 1. The van der Waals surface area contributed by atoms with E-state index < -0.39 is 0 Å². The maximum Gasteiger partial charge on any atom is 0.277 e. The lowest BCUT2D eigenvalue weighted by molar-refractivity contribution is -0.113. The number of aromatic nitrogens is 2. The van der Waals surface area contributed by atoms with Crippen molar-refractivity contribution in [3.63, 3.8) is 0 Å². The van der Waals surface area contributed by atoms with Crippen LogP contribution in [0.15, 0.2) is 46.0 Å².